The second kappa shape index (κ2) is 7.57. The molecule has 3 aromatic rings. The van der Waals surface area contributed by atoms with Gasteiger partial charge in [-0.25, -0.2) is 8.42 Å². The highest BCUT2D eigenvalue weighted by atomic mass is 32.2. The van der Waals surface area contributed by atoms with E-state index in [0.717, 1.165) is 4.31 Å². The van der Waals surface area contributed by atoms with Gasteiger partial charge in [0.2, 0.25) is 0 Å². The summed E-state index contributed by atoms with van der Waals surface area (Å²) in [5, 5.41) is 13.2. The fraction of sp³-hybridized carbons (Fsp3) is 0.0455. The van der Waals surface area contributed by atoms with Crippen LogP contribution in [0.15, 0.2) is 89.5 Å². The highest BCUT2D eigenvalue weighted by Crippen LogP contribution is 2.35. The Morgan fingerprint density at radius 1 is 0.933 bits per heavy atom. The van der Waals surface area contributed by atoms with Gasteiger partial charge in [-0.2, -0.15) is 0 Å². The van der Waals surface area contributed by atoms with Gasteiger partial charge >= 0.3 is 0 Å². The number of carbonyl (C=O) groups is 1. The molecular formula is C22H18N2O5S. The second-order valence-electron chi connectivity index (χ2n) is 6.56. The number of benzene rings is 3. The van der Waals surface area contributed by atoms with E-state index < -0.39 is 21.7 Å². The van der Waals surface area contributed by atoms with Crippen LogP contribution in [0, 0.1) is 0 Å². The van der Waals surface area contributed by atoms with Crippen molar-refractivity contribution in [2.24, 2.45) is 0 Å². The van der Waals surface area contributed by atoms with E-state index in [1.54, 1.807) is 48.5 Å². The fourth-order valence-electron chi connectivity index (χ4n) is 3.13. The number of aliphatic hydroxyl groups is 1. The number of anilines is 1. The Morgan fingerprint density at radius 3 is 2.37 bits per heavy atom. The summed E-state index contributed by atoms with van der Waals surface area (Å²) in [5.41, 5.74) is 0.114. The van der Waals surface area contributed by atoms with Crippen LogP contribution in [0.5, 0.6) is 11.5 Å². The van der Waals surface area contributed by atoms with Crippen LogP contribution in [0.2, 0.25) is 0 Å². The molecule has 0 radical (unpaired) electrons. The van der Waals surface area contributed by atoms with Crippen LogP contribution in [0.1, 0.15) is 5.56 Å². The van der Waals surface area contributed by atoms with Crippen molar-refractivity contribution in [3.05, 3.63) is 90.1 Å². The van der Waals surface area contributed by atoms with Crippen molar-refractivity contribution in [1.29, 1.82) is 0 Å². The number of ether oxygens (including phenoxy) is 1. The minimum atomic E-state index is -3.96. The molecule has 0 aliphatic carbocycles. The van der Waals surface area contributed by atoms with E-state index in [4.69, 9.17) is 4.74 Å². The van der Waals surface area contributed by atoms with Gasteiger partial charge in [-0.05, 0) is 36.4 Å². The molecule has 1 aliphatic heterocycles. The average molecular weight is 422 g/mol. The first-order chi connectivity index (χ1) is 14.4. The largest absolute Gasteiger partial charge is 0.505 e. The molecule has 0 fully saturated rings. The molecule has 1 aliphatic rings. The summed E-state index contributed by atoms with van der Waals surface area (Å²) in [5.74, 6) is -0.0368. The number of hydrogen-bond donors (Lipinski definition) is 2. The minimum Gasteiger partial charge on any atom is -0.505 e. The average Bonchev–Trinajstić information content (AvgIpc) is 2.74. The van der Waals surface area contributed by atoms with Crippen molar-refractivity contribution in [1.82, 2.24) is 4.31 Å². The van der Waals surface area contributed by atoms with E-state index in [-0.39, 0.29) is 16.2 Å². The van der Waals surface area contributed by atoms with Gasteiger partial charge in [0.05, 0.1) is 4.90 Å². The summed E-state index contributed by atoms with van der Waals surface area (Å²) in [4.78, 5) is 12.8. The van der Waals surface area contributed by atoms with E-state index in [1.807, 2.05) is 18.2 Å². The molecule has 4 rings (SSSR count). The zero-order chi connectivity index (χ0) is 21.3. The van der Waals surface area contributed by atoms with Crippen molar-refractivity contribution < 1.29 is 23.1 Å². The number of nitrogens with one attached hydrogen (secondary N) is 1. The van der Waals surface area contributed by atoms with Crippen molar-refractivity contribution in [3.8, 4) is 11.5 Å². The van der Waals surface area contributed by atoms with Crippen LogP contribution in [0.3, 0.4) is 0 Å². The summed E-state index contributed by atoms with van der Waals surface area (Å²) in [6, 6.07) is 21.8. The van der Waals surface area contributed by atoms with E-state index >= 15 is 0 Å². The van der Waals surface area contributed by atoms with Crippen molar-refractivity contribution in [2.75, 3.05) is 12.4 Å². The maximum Gasteiger partial charge on any atom is 0.276 e. The van der Waals surface area contributed by atoms with E-state index in [1.165, 1.54) is 19.2 Å². The standard InChI is InChI=1S/C22H18N2O5S/c1-24-20(21(25)18-12-5-6-13-19(18)30(24,27)28)22(26)23-15-8-7-11-17(14-15)29-16-9-3-2-4-10-16/h2-14,25H,1H3,(H,23,26). The molecule has 8 heteroatoms. The van der Waals surface area contributed by atoms with Gasteiger partial charge in [0, 0.05) is 24.4 Å². The Bertz CT molecular complexity index is 1250. The summed E-state index contributed by atoms with van der Waals surface area (Å²) in [7, 11) is -2.73. The van der Waals surface area contributed by atoms with Gasteiger partial charge in [-0.15, -0.1) is 0 Å². The number of sulfonamides is 1. The molecule has 0 atom stereocenters. The molecule has 3 aromatic carbocycles. The number of fused-ring (bicyclic) bond motifs is 1. The summed E-state index contributed by atoms with van der Waals surface area (Å²) < 4.78 is 32.0. The third-order valence-electron chi connectivity index (χ3n) is 4.61. The Morgan fingerprint density at radius 2 is 1.60 bits per heavy atom. The molecule has 7 nitrogen and oxygen atoms in total. The number of likely N-dealkylation sites (N-methyl/N-ethyl adjacent to an activating group) is 1. The second-order valence-corrected chi connectivity index (χ2v) is 8.50. The smallest absolute Gasteiger partial charge is 0.276 e. The lowest BCUT2D eigenvalue weighted by atomic mass is 10.1. The number of nitrogens with zero attached hydrogens (tertiary/aromatic N) is 1. The Balaban J connectivity index is 1.64. The molecule has 0 spiro atoms. The van der Waals surface area contributed by atoms with Crippen LogP contribution in [0.4, 0.5) is 5.69 Å². The van der Waals surface area contributed by atoms with Crippen LogP contribution < -0.4 is 10.1 Å². The maximum absolute atomic E-state index is 12.9. The number of amides is 1. The molecule has 0 bridgehead atoms. The lowest BCUT2D eigenvalue weighted by Crippen LogP contribution is -2.37. The van der Waals surface area contributed by atoms with Gasteiger partial charge in [0.1, 0.15) is 11.5 Å². The molecule has 30 heavy (non-hydrogen) atoms. The predicted molar refractivity (Wildman–Crippen MR) is 113 cm³/mol. The maximum atomic E-state index is 12.9. The SMILES string of the molecule is CN1C(C(=O)Nc2cccc(Oc3ccccc3)c2)=C(O)c2ccccc2S1(=O)=O. The Kier molecular flexibility index (Phi) is 4.93. The quantitative estimate of drug-likeness (QED) is 0.663. The molecule has 152 valence electrons. The zero-order valence-corrected chi connectivity index (χ0v) is 16.8. The normalized spacial score (nSPS) is 14.8. The van der Waals surface area contributed by atoms with Crippen LogP contribution in [0.25, 0.3) is 5.76 Å². The highest BCUT2D eigenvalue weighted by molar-refractivity contribution is 7.89. The number of hydrogen-bond acceptors (Lipinski definition) is 5. The molecule has 0 unspecified atom stereocenters. The highest BCUT2D eigenvalue weighted by Gasteiger charge is 2.37. The van der Waals surface area contributed by atoms with Crippen LogP contribution in [-0.4, -0.2) is 30.8 Å². The summed E-state index contributed by atoms with van der Waals surface area (Å²) in [6.07, 6.45) is 0. The minimum absolute atomic E-state index is 0.0557. The lowest BCUT2D eigenvalue weighted by Gasteiger charge is -2.28. The van der Waals surface area contributed by atoms with Gasteiger partial charge in [-0.3, -0.25) is 9.10 Å². The molecule has 0 aromatic heterocycles. The molecule has 0 saturated heterocycles. The first kappa shape index (κ1) is 19.5. The first-order valence-corrected chi connectivity index (χ1v) is 10.5. The summed E-state index contributed by atoms with van der Waals surface area (Å²) >= 11 is 0. The van der Waals surface area contributed by atoms with Gasteiger partial charge in [0.25, 0.3) is 15.9 Å². The summed E-state index contributed by atoms with van der Waals surface area (Å²) in [6.45, 7) is 0. The number of carbonyl (C=O) groups excluding carboxylic acids is 1. The third kappa shape index (κ3) is 3.48. The van der Waals surface area contributed by atoms with Gasteiger partial charge in [-0.1, -0.05) is 36.4 Å². The van der Waals surface area contributed by atoms with Crippen molar-refractivity contribution in [2.45, 2.75) is 4.90 Å². The molecule has 0 saturated carbocycles. The van der Waals surface area contributed by atoms with E-state index in [2.05, 4.69) is 5.32 Å². The van der Waals surface area contributed by atoms with Crippen LogP contribution >= 0.6 is 0 Å². The lowest BCUT2D eigenvalue weighted by molar-refractivity contribution is -0.113. The molecule has 1 amide bonds. The van der Waals surface area contributed by atoms with Gasteiger partial charge < -0.3 is 15.2 Å². The zero-order valence-electron chi connectivity index (χ0n) is 15.9. The molecule has 1 heterocycles. The third-order valence-corrected chi connectivity index (χ3v) is 6.42. The number of aliphatic hydroxyl groups excluding tert-OH is 1. The first-order valence-electron chi connectivity index (χ1n) is 9.04. The fourth-order valence-corrected chi connectivity index (χ4v) is 4.53. The van der Waals surface area contributed by atoms with E-state index in [0.29, 0.717) is 17.2 Å². The number of para-hydroxylation sites is 1. The monoisotopic (exact) mass is 422 g/mol. The van der Waals surface area contributed by atoms with E-state index in [9.17, 15) is 18.3 Å². The number of rotatable bonds is 4. The molecule has 2 N–H and O–H groups in total. The molecular weight excluding hydrogens is 404 g/mol. The van der Waals surface area contributed by atoms with Crippen LogP contribution in [-0.2, 0) is 14.8 Å². The van der Waals surface area contributed by atoms with Gasteiger partial charge in [0.15, 0.2) is 11.5 Å². The van der Waals surface area contributed by atoms with Crippen molar-refractivity contribution >= 4 is 27.4 Å². The topological polar surface area (TPSA) is 95.9 Å². The van der Waals surface area contributed by atoms with Crippen molar-refractivity contribution in [3.63, 3.8) is 0 Å². The Labute approximate surface area is 173 Å². The Hall–Kier alpha value is -3.78. The predicted octanol–water partition coefficient (Wildman–Crippen LogP) is 3.98.